The van der Waals surface area contributed by atoms with Gasteiger partial charge in [-0.15, -0.1) is 0 Å². The van der Waals surface area contributed by atoms with Crippen LogP contribution in [-0.4, -0.2) is 37.6 Å². The summed E-state index contributed by atoms with van der Waals surface area (Å²) in [4.78, 5) is 24.9. The van der Waals surface area contributed by atoms with Gasteiger partial charge < -0.3 is 9.30 Å². The molecule has 1 aromatic heterocycles. The topological polar surface area (TPSA) is 82.4 Å². The highest BCUT2D eigenvalue weighted by Crippen LogP contribution is 2.19. The number of Topliss-reactive ketones (excluding diaryl/α,β-unsaturated/α-hetero) is 1. The average molecular weight is 391 g/mol. The Morgan fingerprint density at radius 3 is 2.33 bits per heavy atom. The van der Waals surface area contributed by atoms with E-state index < -0.39 is 22.4 Å². The van der Waals surface area contributed by atoms with Gasteiger partial charge in [-0.25, -0.2) is 13.2 Å². The second-order valence-electron chi connectivity index (χ2n) is 6.68. The van der Waals surface area contributed by atoms with Crippen LogP contribution in [0.4, 0.5) is 0 Å². The first kappa shape index (κ1) is 20.9. The van der Waals surface area contributed by atoms with E-state index in [1.807, 2.05) is 13.8 Å². The lowest BCUT2D eigenvalue weighted by molar-refractivity contribution is 0.0473. The molecule has 146 valence electrons. The molecule has 0 aliphatic heterocycles. The van der Waals surface area contributed by atoms with Crippen molar-refractivity contribution in [3.63, 3.8) is 0 Å². The summed E-state index contributed by atoms with van der Waals surface area (Å²) >= 11 is 0. The Kier molecular flexibility index (Phi) is 6.26. The van der Waals surface area contributed by atoms with Gasteiger partial charge >= 0.3 is 5.97 Å². The number of aromatic nitrogens is 1. The number of aryl methyl sites for hydroxylation is 2. The maximum atomic E-state index is 12.5. The number of esters is 1. The predicted molar refractivity (Wildman–Crippen MR) is 103 cm³/mol. The Labute approximate surface area is 160 Å². The summed E-state index contributed by atoms with van der Waals surface area (Å²) < 4.78 is 30.6. The number of nitrogens with zero attached hydrogens (tertiary/aromatic N) is 1. The van der Waals surface area contributed by atoms with Crippen molar-refractivity contribution in [3.8, 4) is 0 Å². The van der Waals surface area contributed by atoms with E-state index in [9.17, 15) is 18.0 Å². The summed E-state index contributed by atoms with van der Waals surface area (Å²) in [5.74, 6) is -0.996. The van der Waals surface area contributed by atoms with E-state index in [1.165, 1.54) is 12.1 Å². The van der Waals surface area contributed by atoms with Crippen molar-refractivity contribution >= 4 is 21.6 Å². The Morgan fingerprint density at radius 1 is 1.07 bits per heavy atom. The monoisotopic (exact) mass is 391 g/mol. The van der Waals surface area contributed by atoms with E-state index in [2.05, 4.69) is 11.5 Å². The lowest BCUT2D eigenvalue weighted by Gasteiger charge is -2.09. The van der Waals surface area contributed by atoms with Crippen LogP contribution in [0.15, 0.2) is 29.2 Å². The highest BCUT2D eigenvalue weighted by Gasteiger charge is 2.19. The zero-order valence-corrected chi connectivity index (χ0v) is 17.1. The van der Waals surface area contributed by atoms with Gasteiger partial charge in [-0.05, 0) is 51.0 Å². The Bertz CT molecular complexity index is 986. The number of ketones is 1. The molecule has 0 saturated heterocycles. The number of sulfone groups is 1. The summed E-state index contributed by atoms with van der Waals surface area (Å²) in [5.41, 5.74) is 3.10. The first-order chi connectivity index (χ1) is 12.6. The maximum absolute atomic E-state index is 12.5. The molecule has 0 bridgehead atoms. The predicted octanol–water partition coefficient (Wildman–Crippen LogP) is 3.27. The van der Waals surface area contributed by atoms with Crippen molar-refractivity contribution in [2.45, 2.75) is 45.6 Å². The second-order valence-corrected chi connectivity index (χ2v) is 8.70. The van der Waals surface area contributed by atoms with Crippen LogP contribution in [0.3, 0.4) is 0 Å². The largest absolute Gasteiger partial charge is 0.454 e. The fourth-order valence-corrected chi connectivity index (χ4v) is 3.64. The van der Waals surface area contributed by atoms with Crippen LogP contribution in [0.2, 0.25) is 0 Å². The van der Waals surface area contributed by atoms with Gasteiger partial charge in [0, 0.05) is 29.8 Å². The fraction of sp³-hybridized carbons (Fsp3) is 0.400. The van der Waals surface area contributed by atoms with Crippen LogP contribution in [0.25, 0.3) is 0 Å². The lowest BCUT2D eigenvalue weighted by atomic mass is 10.1. The number of rotatable bonds is 7. The third-order valence-corrected chi connectivity index (χ3v) is 5.62. The minimum Gasteiger partial charge on any atom is -0.454 e. The number of carbonyl (C=O) groups is 2. The third-order valence-electron chi connectivity index (χ3n) is 4.51. The minimum atomic E-state index is -3.44. The Balaban J connectivity index is 2.17. The van der Waals surface area contributed by atoms with Gasteiger partial charge in [0.25, 0.3) is 0 Å². The molecule has 0 spiro atoms. The molecule has 0 saturated carbocycles. The molecular formula is C20H25NO5S. The smallest absolute Gasteiger partial charge is 0.338 e. The molecule has 7 heteroatoms. The van der Waals surface area contributed by atoms with Crippen LogP contribution in [0.1, 0.15) is 51.0 Å². The van der Waals surface area contributed by atoms with Crippen molar-refractivity contribution in [3.05, 3.63) is 52.3 Å². The fourth-order valence-electron chi connectivity index (χ4n) is 2.99. The van der Waals surface area contributed by atoms with Crippen molar-refractivity contribution in [2.24, 2.45) is 0 Å². The molecule has 0 aliphatic carbocycles. The van der Waals surface area contributed by atoms with Gasteiger partial charge in [0.05, 0.1) is 10.5 Å². The average Bonchev–Trinajstić information content (AvgIpc) is 2.87. The molecule has 0 unspecified atom stereocenters. The van der Waals surface area contributed by atoms with Gasteiger partial charge in [0.15, 0.2) is 16.4 Å². The van der Waals surface area contributed by atoms with Gasteiger partial charge in [-0.2, -0.15) is 0 Å². The van der Waals surface area contributed by atoms with Crippen LogP contribution in [0, 0.1) is 20.8 Å². The molecule has 0 fully saturated rings. The first-order valence-corrected chi connectivity index (χ1v) is 10.6. The number of hydrogen-bond donors (Lipinski definition) is 0. The van der Waals surface area contributed by atoms with Crippen LogP contribution in [0.5, 0.6) is 0 Å². The Morgan fingerprint density at radius 2 is 1.74 bits per heavy atom. The van der Waals surface area contributed by atoms with E-state index in [4.69, 9.17) is 4.74 Å². The second kappa shape index (κ2) is 8.08. The van der Waals surface area contributed by atoms with Gasteiger partial charge in [0.1, 0.15) is 0 Å². The lowest BCUT2D eigenvalue weighted by Crippen LogP contribution is -2.16. The molecule has 27 heavy (non-hydrogen) atoms. The van der Waals surface area contributed by atoms with Crippen LogP contribution < -0.4 is 0 Å². The number of benzene rings is 1. The molecule has 1 heterocycles. The molecule has 0 radical (unpaired) electrons. The standard InChI is InChI=1S/C20H25NO5S/c1-6-9-21-14(3)10-18(15(21)4)19(22)12-26-20(23)17-11-16(27(5,24)25)8-7-13(17)2/h7-8,10-11H,6,9,12H2,1-5H3. The summed E-state index contributed by atoms with van der Waals surface area (Å²) in [7, 11) is -3.44. The van der Waals surface area contributed by atoms with E-state index in [1.54, 1.807) is 19.1 Å². The molecule has 2 aromatic rings. The highest BCUT2D eigenvalue weighted by molar-refractivity contribution is 7.90. The van der Waals surface area contributed by atoms with E-state index in [-0.39, 0.29) is 16.2 Å². The zero-order chi connectivity index (χ0) is 20.4. The quantitative estimate of drug-likeness (QED) is 0.534. The number of hydrogen-bond acceptors (Lipinski definition) is 5. The molecule has 0 atom stereocenters. The van der Waals surface area contributed by atoms with Crippen molar-refractivity contribution in [1.29, 1.82) is 0 Å². The molecule has 0 aliphatic rings. The number of carbonyl (C=O) groups excluding carboxylic acids is 2. The number of ether oxygens (including phenoxy) is 1. The minimum absolute atomic E-state index is 0.0366. The SMILES string of the molecule is CCCn1c(C)cc(C(=O)COC(=O)c2cc(S(C)(=O)=O)ccc2C)c1C. The van der Waals surface area contributed by atoms with E-state index in [0.717, 1.165) is 30.6 Å². The zero-order valence-electron chi connectivity index (χ0n) is 16.3. The normalized spacial score (nSPS) is 11.4. The van der Waals surface area contributed by atoms with Crippen LogP contribution >= 0.6 is 0 Å². The molecular weight excluding hydrogens is 366 g/mol. The van der Waals surface area contributed by atoms with Crippen molar-refractivity contribution in [1.82, 2.24) is 4.57 Å². The van der Waals surface area contributed by atoms with E-state index >= 15 is 0 Å². The third kappa shape index (κ3) is 4.66. The summed E-state index contributed by atoms with van der Waals surface area (Å²) in [6.07, 6.45) is 2.03. The highest BCUT2D eigenvalue weighted by atomic mass is 32.2. The molecule has 1 aromatic carbocycles. The van der Waals surface area contributed by atoms with Crippen molar-refractivity contribution in [2.75, 3.05) is 12.9 Å². The van der Waals surface area contributed by atoms with Crippen LogP contribution in [-0.2, 0) is 21.1 Å². The summed E-state index contributed by atoms with van der Waals surface area (Å²) in [6.45, 7) is 7.99. The molecule has 6 nitrogen and oxygen atoms in total. The summed E-state index contributed by atoms with van der Waals surface area (Å²) in [6, 6.07) is 6.07. The first-order valence-electron chi connectivity index (χ1n) is 8.74. The van der Waals surface area contributed by atoms with Gasteiger partial charge in [-0.3, -0.25) is 4.79 Å². The van der Waals surface area contributed by atoms with Gasteiger partial charge in [0.2, 0.25) is 5.78 Å². The summed E-state index contributed by atoms with van der Waals surface area (Å²) in [5, 5.41) is 0. The van der Waals surface area contributed by atoms with E-state index in [0.29, 0.717) is 11.1 Å². The molecule has 0 N–H and O–H groups in total. The van der Waals surface area contributed by atoms with Crippen molar-refractivity contribution < 1.29 is 22.7 Å². The van der Waals surface area contributed by atoms with Gasteiger partial charge in [-0.1, -0.05) is 13.0 Å². The Hall–Kier alpha value is -2.41. The maximum Gasteiger partial charge on any atom is 0.338 e. The molecule has 2 rings (SSSR count). The molecule has 0 amide bonds.